The third kappa shape index (κ3) is 3.86. The van der Waals surface area contributed by atoms with E-state index >= 15 is 0 Å². The molecule has 0 aliphatic rings. The van der Waals surface area contributed by atoms with Gasteiger partial charge in [-0.15, -0.1) is 0 Å². The number of benzene rings is 1. The zero-order chi connectivity index (χ0) is 13.8. The molecule has 0 saturated heterocycles. The molecular formula is C13H13BrN2O2S. The van der Waals surface area contributed by atoms with Crippen LogP contribution in [0.25, 0.3) is 0 Å². The highest BCUT2D eigenvalue weighted by Gasteiger charge is 2.10. The highest BCUT2D eigenvalue weighted by Crippen LogP contribution is 2.22. The summed E-state index contributed by atoms with van der Waals surface area (Å²) in [6.45, 7) is 2.67. The first-order valence-electron chi connectivity index (χ1n) is 5.75. The topological polar surface area (TPSA) is 55.2 Å². The number of halogens is 1. The number of nitrogens with zero attached hydrogens (tertiary/aromatic N) is 1. The van der Waals surface area contributed by atoms with Crippen molar-refractivity contribution in [3.63, 3.8) is 0 Å². The van der Waals surface area contributed by atoms with E-state index in [1.807, 2.05) is 11.4 Å². The number of hydrogen-bond acceptors (Lipinski definition) is 4. The zero-order valence-electron chi connectivity index (χ0n) is 10.3. The summed E-state index contributed by atoms with van der Waals surface area (Å²) in [5.41, 5.74) is 2.23. The van der Waals surface area contributed by atoms with E-state index in [-0.39, 0.29) is 16.7 Å². The van der Waals surface area contributed by atoms with Crippen molar-refractivity contribution in [2.24, 2.45) is 0 Å². The Hall–Kier alpha value is -1.24. The number of non-ortho nitro benzene ring substituents is 1. The fourth-order valence-electron chi connectivity index (χ4n) is 1.75. The number of nitrogens with one attached hydrogen (secondary N) is 1. The van der Waals surface area contributed by atoms with Gasteiger partial charge in [0.1, 0.15) is 0 Å². The standard InChI is InChI=1S/C13H13BrN2O2S/c1-9(11-2-3-19-8-11)15-7-10-4-12(14)6-13(5-10)16(17)18/h2-6,8-9,15H,7H2,1H3. The molecule has 4 nitrogen and oxygen atoms in total. The van der Waals surface area contributed by atoms with Crippen LogP contribution in [-0.2, 0) is 6.54 Å². The predicted molar refractivity (Wildman–Crippen MR) is 80.4 cm³/mol. The molecule has 1 aromatic carbocycles. The molecule has 1 N–H and O–H groups in total. The summed E-state index contributed by atoms with van der Waals surface area (Å²) in [6, 6.07) is 7.29. The van der Waals surface area contributed by atoms with Crippen LogP contribution in [0.2, 0.25) is 0 Å². The fourth-order valence-corrected chi connectivity index (χ4v) is 3.03. The van der Waals surface area contributed by atoms with E-state index in [4.69, 9.17) is 0 Å². The van der Waals surface area contributed by atoms with E-state index in [0.717, 1.165) is 10.0 Å². The summed E-state index contributed by atoms with van der Waals surface area (Å²) in [7, 11) is 0. The molecule has 0 bridgehead atoms. The normalized spacial score (nSPS) is 12.3. The summed E-state index contributed by atoms with van der Waals surface area (Å²) in [5, 5.41) is 18.3. The smallest absolute Gasteiger partial charge is 0.270 e. The summed E-state index contributed by atoms with van der Waals surface area (Å²) in [6.07, 6.45) is 0. The van der Waals surface area contributed by atoms with Gasteiger partial charge in [-0.25, -0.2) is 0 Å². The van der Waals surface area contributed by atoms with E-state index in [0.29, 0.717) is 6.54 Å². The Bertz CT molecular complexity index is 572. The molecule has 100 valence electrons. The number of thiophene rings is 1. The molecule has 0 amide bonds. The summed E-state index contributed by atoms with van der Waals surface area (Å²) >= 11 is 4.96. The molecule has 0 radical (unpaired) electrons. The molecule has 1 heterocycles. The monoisotopic (exact) mass is 340 g/mol. The third-order valence-electron chi connectivity index (χ3n) is 2.81. The molecule has 0 aliphatic heterocycles. The highest BCUT2D eigenvalue weighted by atomic mass is 79.9. The Balaban J connectivity index is 2.05. The van der Waals surface area contributed by atoms with Crippen molar-refractivity contribution in [3.8, 4) is 0 Å². The second-order valence-electron chi connectivity index (χ2n) is 4.23. The van der Waals surface area contributed by atoms with Gasteiger partial charge in [0.25, 0.3) is 5.69 Å². The van der Waals surface area contributed by atoms with E-state index in [1.54, 1.807) is 17.4 Å². The molecule has 1 aromatic heterocycles. The second kappa shape index (κ2) is 6.27. The average Bonchev–Trinajstić information content (AvgIpc) is 2.89. The van der Waals surface area contributed by atoms with Crippen LogP contribution in [0, 0.1) is 10.1 Å². The van der Waals surface area contributed by atoms with Gasteiger partial charge in [0, 0.05) is 29.2 Å². The summed E-state index contributed by atoms with van der Waals surface area (Å²) in [4.78, 5) is 10.4. The van der Waals surface area contributed by atoms with Crippen LogP contribution in [0.3, 0.4) is 0 Å². The molecule has 1 atom stereocenters. The van der Waals surface area contributed by atoms with Gasteiger partial charge >= 0.3 is 0 Å². The Kier molecular flexibility index (Phi) is 4.68. The quantitative estimate of drug-likeness (QED) is 0.653. The molecule has 2 aromatic rings. The van der Waals surface area contributed by atoms with Crippen LogP contribution in [-0.4, -0.2) is 4.92 Å². The number of hydrogen-bond donors (Lipinski definition) is 1. The summed E-state index contributed by atoms with van der Waals surface area (Å²) in [5.74, 6) is 0. The van der Waals surface area contributed by atoms with Gasteiger partial charge in [0.2, 0.25) is 0 Å². The lowest BCUT2D eigenvalue weighted by Gasteiger charge is -2.12. The van der Waals surface area contributed by atoms with Crippen molar-refractivity contribution in [2.45, 2.75) is 19.5 Å². The molecule has 0 saturated carbocycles. The minimum Gasteiger partial charge on any atom is -0.306 e. The summed E-state index contributed by atoms with van der Waals surface area (Å²) < 4.78 is 0.724. The third-order valence-corrected chi connectivity index (χ3v) is 3.97. The van der Waals surface area contributed by atoms with Crippen LogP contribution in [0.4, 0.5) is 5.69 Å². The maximum Gasteiger partial charge on any atom is 0.270 e. The highest BCUT2D eigenvalue weighted by molar-refractivity contribution is 9.10. The van der Waals surface area contributed by atoms with Gasteiger partial charge in [-0.3, -0.25) is 10.1 Å². The predicted octanol–water partition coefficient (Wildman–Crippen LogP) is 4.27. The molecule has 0 spiro atoms. The lowest BCUT2D eigenvalue weighted by molar-refractivity contribution is -0.385. The Morgan fingerprint density at radius 1 is 1.47 bits per heavy atom. The van der Waals surface area contributed by atoms with Crippen molar-refractivity contribution in [1.29, 1.82) is 0 Å². The first-order valence-corrected chi connectivity index (χ1v) is 7.49. The molecular weight excluding hydrogens is 328 g/mol. The van der Waals surface area contributed by atoms with Gasteiger partial charge in [-0.05, 0) is 40.9 Å². The van der Waals surface area contributed by atoms with Crippen molar-refractivity contribution in [3.05, 3.63) is 60.7 Å². The van der Waals surface area contributed by atoms with Gasteiger partial charge in [-0.2, -0.15) is 11.3 Å². The van der Waals surface area contributed by atoms with Crippen LogP contribution in [0.1, 0.15) is 24.1 Å². The molecule has 0 fully saturated rings. The Labute approximate surface area is 123 Å². The molecule has 1 unspecified atom stereocenters. The maximum absolute atomic E-state index is 10.8. The number of nitro benzene ring substituents is 1. The average molecular weight is 341 g/mol. The first kappa shape index (κ1) is 14.2. The SMILES string of the molecule is CC(NCc1cc(Br)cc([N+](=O)[O-])c1)c1ccsc1. The van der Waals surface area contributed by atoms with Crippen molar-refractivity contribution in [2.75, 3.05) is 0 Å². The Morgan fingerprint density at radius 2 is 2.26 bits per heavy atom. The largest absolute Gasteiger partial charge is 0.306 e. The van der Waals surface area contributed by atoms with Gasteiger partial charge in [0.05, 0.1) is 4.92 Å². The van der Waals surface area contributed by atoms with E-state index in [9.17, 15) is 10.1 Å². The van der Waals surface area contributed by atoms with Crippen LogP contribution >= 0.6 is 27.3 Å². The van der Waals surface area contributed by atoms with Gasteiger partial charge in [0.15, 0.2) is 0 Å². The van der Waals surface area contributed by atoms with E-state index < -0.39 is 0 Å². The minimum absolute atomic E-state index is 0.106. The number of nitro groups is 1. The van der Waals surface area contributed by atoms with Crippen LogP contribution in [0.15, 0.2) is 39.5 Å². The fraction of sp³-hybridized carbons (Fsp3) is 0.231. The van der Waals surface area contributed by atoms with E-state index in [1.165, 1.54) is 11.6 Å². The van der Waals surface area contributed by atoms with Crippen molar-refractivity contribution >= 4 is 33.0 Å². The molecule has 6 heteroatoms. The van der Waals surface area contributed by atoms with Crippen molar-refractivity contribution < 1.29 is 4.92 Å². The Morgan fingerprint density at radius 3 is 2.89 bits per heavy atom. The zero-order valence-corrected chi connectivity index (χ0v) is 12.7. The van der Waals surface area contributed by atoms with Crippen LogP contribution in [0.5, 0.6) is 0 Å². The second-order valence-corrected chi connectivity index (χ2v) is 5.93. The van der Waals surface area contributed by atoms with Crippen LogP contribution < -0.4 is 5.32 Å². The molecule has 0 aliphatic carbocycles. The lowest BCUT2D eigenvalue weighted by Crippen LogP contribution is -2.17. The molecule has 2 rings (SSSR count). The van der Waals surface area contributed by atoms with Gasteiger partial charge in [-0.1, -0.05) is 15.9 Å². The maximum atomic E-state index is 10.8. The first-order chi connectivity index (χ1) is 9.06. The lowest BCUT2D eigenvalue weighted by atomic mass is 10.1. The minimum atomic E-state index is -0.378. The van der Waals surface area contributed by atoms with Crippen molar-refractivity contribution in [1.82, 2.24) is 5.32 Å². The molecule has 19 heavy (non-hydrogen) atoms. The number of rotatable bonds is 5. The van der Waals surface area contributed by atoms with E-state index in [2.05, 4.69) is 39.6 Å². The van der Waals surface area contributed by atoms with Gasteiger partial charge < -0.3 is 5.32 Å².